The van der Waals surface area contributed by atoms with Crippen molar-refractivity contribution in [1.82, 2.24) is 5.32 Å². The minimum absolute atomic E-state index is 0.0112. The molecule has 24 heavy (non-hydrogen) atoms. The minimum atomic E-state index is -0.938. The summed E-state index contributed by atoms with van der Waals surface area (Å²) >= 11 is 0. The number of benzene rings is 1. The fourth-order valence-electron chi connectivity index (χ4n) is 2.57. The van der Waals surface area contributed by atoms with Gasteiger partial charge < -0.3 is 19.6 Å². The molecule has 2 aromatic rings. The van der Waals surface area contributed by atoms with Crippen molar-refractivity contribution < 1.29 is 23.8 Å². The van der Waals surface area contributed by atoms with Gasteiger partial charge in [-0.05, 0) is 25.0 Å². The van der Waals surface area contributed by atoms with E-state index in [0.29, 0.717) is 11.3 Å². The Labute approximate surface area is 140 Å². The zero-order valence-electron chi connectivity index (χ0n) is 14.4. The average Bonchev–Trinajstić information content (AvgIpc) is 2.88. The quantitative estimate of drug-likeness (QED) is 0.813. The van der Waals surface area contributed by atoms with Gasteiger partial charge in [-0.2, -0.15) is 0 Å². The van der Waals surface area contributed by atoms with Crippen molar-refractivity contribution in [2.75, 3.05) is 7.11 Å². The van der Waals surface area contributed by atoms with Gasteiger partial charge in [-0.3, -0.25) is 9.59 Å². The lowest BCUT2D eigenvalue weighted by Crippen LogP contribution is -2.51. The molecule has 6 heteroatoms. The molecule has 1 heterocycles. The van der Waals surface area contributed by atoms with Crippen LogP contribution in [0.25, 0.3) is 11.0 Å². The van der Waals surface area contributed by atoms with Crippen molar-refractivity contribution >= 4 is 22.8 Å². The SMILES string of the molecule is COc1ccc2c(CC(=O)NC(C)(CC(=O)O)C(C)C)coc2c1. The van der Waals surface area contributed by atoms with Crippen molar-refractivity contribution in [3.63, 3.8) is 0 Å². The van der Waals surface area contributed by atoms with E-state index in [1.165, 1.54) is 0 Å². The molecule has 2 rings (SSSR count). The summed E-state index contributed by atoms with van der Waals surface area (Å²) in [6.45, 7) is 5.54. The molecule has 0 aliphatic rings. The molecule has 0 fully saturated rings. The van der Waals surface area contributed by atoms with Crippen LogP contribution in [-0.4, -0.2) is 29.6 Å². The summed E-state index contributed by atoms with van der Waals surface area (Å²) in [6, 6.07) is 5.42. The number of hydrogen-bond acceptors (Lipinski definition) is 4. The van der Waals surface area contributed by atoms with Gasteiger partial charge in [0.15, 0.2) is 0 Å². The van der Waals surface area contributed by atoms with E-state index in [4.69, 9.17) is 14.3 Å². The Morgan fingerprint density at radius 3 is 2.67 bits per heavy atom. The van der Waals surface area contributed by atoms with Gasteiger partial charge in [-0.25, -0.2) is 0 Å². The molecule has 0 aliphatic heterocycles. The van der Waals surface area contributed by atoms with Gasteiger partial charge in [-0.15, -0.1) is 0 Å². The first-order valence-corrected chi connectivity index (χ1v) is 7.82. The molecule has 6 nitrogen and oxygen atoms in total. The first-order chi connectivity index (χ1) is 11.2. The van der Waals surface area contributed by atoms with Crippen LogP contribution in [0.3, 0.4) is 0 Å². The molecule has 1 atom stereocenters. The lowest BCUT2D eigenvalue weighted by molar-refractivity contribution is -0.139. The van der Waals surface area contributed by atoms with E-state index in [1.807, 2.05) is 26.0 Å². The van der Waals surface area contributed by atoms with Gasteiger partial charge in [0, 0.05) is 22.6 Å². The van der Waals surface area contributed by atoms with E-state index in [0.717, 1.165) is 10.9 Å². The van der Waals surface area contributed by atoms with E-state index >= 15 is 0 Å². The maximum Gasteiger partial charge on any atom is 0.305 e. The van der Waals surface area contributed by atoms with E-state index in [1.54, 1.807) is 26.4 Å². The molecule has 0 saturated carbocycles. The number of nitrogens with one attached hydrogen (secondary N) is 1. The van der Waals surface area contributed by atoms with Gasteiger partial charge in [0.1, 0.15) is 11.3 Å². The lowest BCUT2D eigenvalue weighted by Gasteiger charge is -2.33. The summed E-state index contributed by atoms with van der Waals surface area (Å²) in [5.74, 6) is -0.497. The predicted molar refractivity (Wildman–Crippen MR) is 90.1 cm³/mol. The molecule has 1 aromatic heterocycles. The summed E-state index contributed by atoms with van der Waals surface area (Å²) in [5, 5.41) is 12.8. The van der Waals surface area contributed by atoms with Gasteiger partial charge in [0.2, 0.25) is 5.91 Å². The smallest absolute Gasteiger partial charge is 0.305 e. The van der Waals surface area contributed by atoms with Crippen LogP contribution in [0.15, 0.2) is 28.9 Å². The molecule has 0 bridgehead atoms. The molecule has 1 aromatic carbocycles. The Kier molecular flexibility index (Phi) is 5.17. The first kappa shape index (κ1) is 17.8. The highest BCUT2D eigenvalue weighted by atomic mass is 16.5. The number of furan rings is 1. The number of carboxylic acids is 1. The standard InChI is InChI=1S/C18H23NO5/c1-11(2)18(3,9-17(21)22)19-16(20)7-12-10-24-15-8-13(23-4)5-6-14(12)15/h5-6,8,10-11H,7,9H2,1-4H3,(H,19,20)(H,21,22). The molecule has 0 aliphatic carbocycles. The average molecular weight is 333 g/mol. The van der Waals surface area contributed by atoms with Gasteiger partial charge >= 0.3 is 5.97 Å². The Morgan fingerprint density at radius 1 is 1.38 bits per heavy atom. The highest BCUT2D eigenvalue weighted by Gasteiger charge is 2.32. The van der Waals surface area contributed by atoms with Crippen molar-refractivity contribution in [3.05, 3.63) is 30.0 Å². The predicted octanol–water partition coefficient (Wildman–Crippen LogP) is 2.99. The third-order valence-corrected chi connectivity index (χ3v) is 4.43. The van der Waals surface area contributed by atoms with E-state index < -0.39 is 11.5 Å². The van der Waals surface area contributed by atoms with Crippen LogP contribution in [0.1, 0.15) is 32.8 Å². The highest BCUT2D eigenvalue weighted by Crippen LogP contribution is 2.26. The van der Waals surface area contributed by atoms with Crippen LogP contribution in [0.2, 0.25) is 0 Å². The second kappa shape index (κ2) is 6.95. The Balaban J connectivity index is 2.15. The number of amides is 1. The molecule has 0 saturated heterocycles. The second-order valence-corrected chi connectivity index (χ2v) is 6.49. The summed E-state index contributed by atoms with van der Waals surface area (Å²) < 4.78 is 10.6. The number of carboxylic acid groups (broad SMARTS) is 1. The highest BCUT2D eigenvalue weighted by molar-refractivity contribution is 5.88. The van der Waals surface area contributed by atoms with Crippen LogP contribution in [-0.2, 0) is 16.0 Å². The van der Waals surface area contributed by atoms with E-state index in [-0.39, 0.29) is 24.7 Å². The molecular formula is C18H23NO5. The zero-order chi connectivity index (χ0) is 17.9. The van der Waals surface area contributed by atoms with Gasteiger partial charge in [0.25, 0.3) is 0 Å². The molecule has 130 valence electrons. The summed E-state index contributed by atoms with van der Waals surface area (Å²) in [7, 11) is 1.58. The Bertz CT molecular complexity index is 749. The number of methoxy groups -OCH3 is 1. The van der Waals surface area contributed by atoms with Crippen LogP contribution >= 0.6 is 0 Å². The van der Waals surface area contributed by atoms with Crippen LogP contribution in [0.4, 0.5) is 0 Å². The lowest BCUT2D eigenvalue weighted by atomic mass is 9.85. The number of hydrogen-bond donors (Lipinski definition) is 2. The number of ether oxygens (including phenoxy) is 1. The summed E-state index contributed by atoms with van der Waals surface area (Å²) in [5.41, 5.74) is 0.604. The summed E-state index contributed by atoms with van der Waals surface area (Å²) in [6.07, 6.45) is 1.55. The van der Waals surface area contributed by atoms with Crippen molar-refractivity contribution in [1.29, 1.82) is 0 Å². The number of aliphatic carboxylic acids is 1. The minimum Gasteiger partial charge on any atom is -0.497 e. The fraction of sp³-hybridized carbons (Fsp3) is 0.444. The second-order valence-electron chi connectivity index (χ2n) is 6.49. The van der Waals surface area contributed by atoms with Gasteiger partial charge in [-0.1, -0.05) is 13.8 Å². The van der Waals surface area contributed by atoms with Crippen molar-refractivity contribution in [3.8, 4) is 5.75 Å². The summed E-state index contributed by atoms with van der Waals surface area (Å²) in [4.78, 5) is 23.5. The molecule has 2 N–H and O–H groups in total. The maximum absolute atomic E-state index is 12.4. The van der Waals surface area contributed by atoms with Crippen LogP contribution in [0.5, 0.6) is 5.75 Å². The molecular weight excluding hydrogens is 310 g/mol. The molecule has 0 radical (unpaired) electrons. The molecule has 1 unspecified atom stereocenters. The van der Waals surface area contributed by atoms with Crippen LogP contribution in [0, 0.1) is 5.92 Å². The van der Waals surface area contributed by atoms with Gasteiger partial charge in [0.05, 0.1) is 26.2 Å². The number of rotatable bonds is 7. The third-order valence-electron chi connectivity index (χ3n) is 4.43. The zero-order valence-corrected chi connectivity index (χ0v) is 14.4. The van der Waals surface area contributed by atoms with Crippen molar-refractivity contribution in [2.45, 2.75) is 39.2 Å². The maximum atomic E-state index is 12.4. The Hall–Kier alpha value is -2.50. The van der Waals surface area contributed by atoms with Crippen LogP contribution < -0.4 is 10.1 Å². The van der Waals surface area contributed by atoms with E-state index in [9.17, 15) is 9.59 Å². The Morgan fingerprint density at radius 2 is 2.08 bits per heavy atom. The number of carbonyl (C=O) groups excluding carboxylic acids is 1. The largest absolute Gasteiger partial charge is 0.497 e. The first-order valence-electron chi connectivity index (χ1n) is 7.82. The molecule has 1 amide bonds. The normalized spacial score (nSPS) is 13.7. The molecule has 0 spiro atoms. The van der Waals surface area contributed by atoms with E-state index in [2.05, 4.69) is 5.32 Å². The fourth-order valence-corrected chi connectivity index (χ4v) is 2.57. The third kappa shape index (κ3) is 3.88. The number of fused-ring (bicyclic) bond motifs is 1. The topological polar surface area (TPSA) is 88.8 Å². The monoisotopic (exact) mass is 333 g/mol. The van der Waals surface area contributed by atoms with Crippen molar-refractivity contribution in [2.24, 2.45) is 5.92 Å². The number of carbonyl (C=O) groups is 2.